The highest BCUT2D eigenvalue weighted by Gasteiger charge is 2.32. The smallest absolute Gasteiger partial charge is 0.252 e. The molecule has 0 saturated heterocycles. The molecule has 17 heavy (non-hydrogen) atoms. The van der Waals surface area contributed by atoms with Crippen LogP contribution in [-0.2, 0) is 6.18 Å². The van der Waals surface area contributed by atoms with Crippen molar-refractivity contribution in [2.75, 3.05) is 0 Å². The Kier molecular flexibility index (Phi) is 2.94. The van der Waals surface area contributed by atoms with Gasteiger partial charge in [-0.3, -0.25) is 4.98 Å². The van der Waals surface area contributed by atoms with Crippen LogP contribution in [0.4, 0.5) is 13.2 Å². The van der Waals surface area contributed by atoms with Crippen LogP contribution in [0.25, 0.3) is 5.69 Å². The number of pyridine rings is 1. The van der Waals surface area contributed by atoms with Crippen LogP contribution in [0.5, 0.6) is 0 Å². The second-order valence-electron chi connectivity index (χ2n) is 3.42. The summed E-state index contributed by atoms with van der Waals surface area (Å²) < 4.78 is 39.5. The molecule has 0 radical (unpaired) electrons. The Morgan fingerprint density at radius 2 is 2.00 bits per heavy atom. The number of alkyl halides is 3. The minimum atomic E-state index is -4.45. The lowest BCUT2D eigenvalue weighted by Crippen LogP contribution is -2.09. The maximum atomic E-state index is 12.5. The summed E-state index contributed by atoms with van der Waals surface area (Å²) in [5, 5.41) is 4.04. The van der Waals surface area contributed by atoms with Gasteiger partial charge in [0.2, 0.25) is 0 Å². The van der Waals surface area contributed by atoms with E-state index in [9.17, 15) is 13.2 Å². The molecule has 2 heterocycles. The molecule has 0 aliphatic carbocycles. The van der Waals surface area contributed by atoms with Crippen LogP contribution in [0.1, 0.15) is 11.4 Å². The normalized spacial score (nSPS) is 11.8. The highest BCUT2D eigenvalue weighted by molar-refractivity contribution is 9.10. The highest BCUT2D eigenvalue weighted by atomic mass is 79.9. The molecule has 2 aromatic rings. The number of hydrogen-bond donors (Lipinski definition) is 0. The van der Waals surface area contributed by atoms with Gasteiger partial charge in [-0.05, 0) is 41.1 Å². The van der Waals surface area contributed by atoms with Gasteiger partial charge in [-0.15, -0.1) is 0 Å². The predicted molar refractivity (Wildman–Crippen MR) is 58.8 cm³/mol. The van der Waals surface area contributed by atoms with E-state index < -0.39 is 11.9 Å². The van der Waals surface area contributed by atoms with Crippen molar-refractivity contribution in [3.63, 3.8) is 0 Å². The van der Waals surface area contributed by atoms with E-state index in [0.717, 1.165) is 18.0 Å². The van der Waals surface area contributed by atoms with Gasteiger partial charge in [0.1, 0.15) is 10.3 Å². The molecule has 0 fully saturated rings. The lowest BCUT2D eigenvalue weighted by atomic mass is 10.3. The van der Waals surface area contributed by atoms with E-state index in [1.807, 2.05) is 0 Å². The van der Waals surface area contributed by atoms with Gasteiger partial charge in [0, 0.05) is 11.9 Å². The first-order valence-electron chi connectivity index (χ1n) is 4.64. The van der Waals surface area contributed by atoms with E-state index >= 15 is 0 Å². The van der Waals surface area contributed by atoms with E-state index in [2.05, 4.69) is 26.0 Å². The Hall–Kier alpha value is -1.37. The number of aromatic nitrogens is 3. The molecular weight excluding hydrogens is 299 g/mol. The molecular formula is C10H7BrF3N3. The number of rotatable bonds is 1. The molecule has 3 nitrogen and oxygen atoms in total. The summed E-state index contributed by atoms with van der Waals surface area (Å²) in [6.07, 6.45) is -3.33. The lowest BCUT2D eigenvalue weighted by Gasteiger charge is -2.08. The molecule has 0 aromatic carbocycles. The molecule has 2 aromatic heterocycles. The van der Waals surface area contributed by atoms with Crippen LogP contribution in [0.2, 0.25) is 0 Å². The number of nitrogens with zero attached hydrogens (tertiary/aromatic N) is 3. The molecule has 0 aliphatic rings. The van der Waals surface area contributed by atoms with Gasteiger partial charge in [0.05, 0.1) is 5.69 Å². The van der Waals surface area contributed by atoms with Crippen molar-refractivity contribution in [1.82, 2.24) is 14.8 Å². The number of hydrogen-bond acceptors (Lipinski definition) is 2. The average Bonchev–Trinajstić information content (AvgIpc) is 2.57. The summed E-state index contributed by atoms with van der Waals surface area (Å²) >= 11 is 3.17. The Bertz CT molecular complexity index is 548. The van der Waals surface area contributed by atoms with Gasteiger partial charge in [-0.2, -0.15) is 18.3 Å². The first-order valence-corrected chi connectivity index (χ1v) is 5.43. The topological polar surface area (TPSA) is 30.7 Å². The van der Waals surface area contributed by atoms with Crippen molar-refractivity contribution in [2.24, 2.45) is 0 Å². The standard InChI is InChI=1S/C10H7BrF3N3/c1-6-4-9(11)16-17(6)7-2-3-15-8(5-7)10(12,13)14/h2-5H,1H3. The minimum absolute atomic E-state index is 0.329. The third-order valence-electron chi connectivity index (χ3n) is 2.14. The first kappa shape index (κ1) is 12.1. The maximum absolute atomic E-state index is 12.5. The molecule has 0 aliphatic heterocycles. The highest BCUT2D eigenvalue weighted by Crippen LogP contribution is 2.28. The quantitative estimate of drug-likeness (QED) is 0.809. The van der Waals surface area contributed by atoms with Crippen LogP contribution in [-0.4, -0.2) is 14.8 Å². The fourth-order valence-corrected chi connectivity index (χ4v) is 1.89. The van der Waals surface area contributed by atoms with E-state index in [1.54, 1.807) is 13.0 Å². The van der Waals surface area contributed by atoms with Crippen molar-refractivity contribution in [2.45, 2.75) is 13.1 Å². The molecule has 0 atom stereocenters. The van der Waals surface area contributed by atoms with Crippen LogP contribution < -0.4 is 0 Å². The monoisotopic (exact) mass is 305 g/mol. The summed E-state index contributed by atoms with van der Waals surface area (Å²) in [5.74, 6) is 0. The van der Waals surface area contributed by atoms with Crippen LogP contribution >= 0.6 is 15.9 Å². The molecule has 2 rings (SSSR count). The van der Waals surface area contributed by atoms with Crippen LogP contribution in [0, 0.1) is 6.92 Å². The van der Waals surface area contributed by atoms with Crippen molar-refractivity contribution < 1.29 is 13.2 Å². The van der Waals surface area contributed by atoms with Gasteiger partial charge in [0.15, 0.2) is 0 Å². The molecule has 0 amide bonds. The fourth-order valence-electron chi connectivity index (χ4n) is 1.40. The zero-order valence-corrected chi connectivity index (χ0v) is 10.2. The van der Waals surface area contributed by atoms with E-state index in [0.29, 0.717) is 10.3 Å². The van der Waals surface area contributed by atoms with E-state index in [1.165, 1.54) is 10.7 Å². The fraction of sp³-hybridized carbons (Fsp3) is 0.200. The largest absolute Gasteiger partial charge is 0.433 e. The molecule has 7 heteroatoms. The van der Waals surface area contributed by atoms with Crippen molar-refractivity contribution in [1.29, 1.82) is 0 Å². The molecule has 0 N–H and O–H groups in total. The van der Waals surface area contributed by atoms with E-state index in [4.69, 9.17) is 0 Å². The summed E-state index contributed by atoms with van der Waals surface area (Å²) in [7, 11) is 0. The molecule has 0 saturated carbocycles. The number of halogens is 4. The SMILES string of the molecule is Cc1cc(Br)nn1-c1ccnc(C(F)(F)F)c1. The number of aryl methyl sites for hydroxylation is 1. The minimum Gasteiger partial charge on any atom is -0.252 e. The molecule has 0 spiro atoms. The van der Waals surface area contributed by atoms with Gasteiger partial charge in [0.25, 0.3) is 0 Å². The van der Waals surface area contributed by atoms with Gasteiger partial charge in [-0.1, -0.05) is 0 Å². The average molecular weight is 306 g/mol. The second-order valence-corrected chi connectivity index (χ2v) is 4.23. The zero-order valence-electron chi connectivity index (χ0n) is 8.66. The molecule has 0 bridgehead atoms. The van der Waals surface area contributed by atoms with Crippen LogP contribution in [0.3, 0.4) is 0 Å². The second kappa shape index (κ2) is 4.14. The third kappa shape index (κ3) is 2.49. The molecule has 90 valence electrons. The Labute approximate surface area is 103 Å². The van der Waals surface area contributed by atoms with Gasteiger partial charge in [-0.25, -0.2) is 4.68 Å². The van der Waals surface area contributed by atoms with Gasteiger partial charge >= 0.3 is 6.18 Å². The first-order chi connectivity index (χ1) is 7.88. The lowest BCUT2D eigenvalue weighted by molar-refractivity contribution is -0.141. The van der Waals surface area contributed by atoms with Gasteiger partial charge < -0.3 is 0 Å². The summed E-state index contributed by atoms with van der Waals surface area (Å²) in [6, 6.07) is 4.15. The summed E-state index contributed by atoms with van der Waals surface area (Å²) in [5.41, 5.74) is 0.132. The third-order valence-corrected chi connectivity index (χ3v) is 2.52. The van der Waals surface area contributed by atoms with E-state index in [-0.39, 0.29) is 0 Å². The Balaban J connectivity index is 2.50. The Morgan fingerprint density at radius 1 is 1.29 bits per heavy atom. The van der Waals surface area contributed by atoms with Crippen molar-refractivity contribution >= 4 is 15.9 Å². The summed E-state index contributed by atoms with van der Waals surface area (Å²) in [4.78, 5) is 3.29. The Morgan fingerprint density at radius 3 is 2.53 bits per heavy atom. The molecule has 0 unspecified atom stereocenters. The van der Waals surface area contributed by atoms with Crippen molar-refractivity contribution in [3.05, 3.63) is 40.4 Å². The summed E-state index contributed by atoms with van der Waals surface area (Å²) in [6.45, 7) is 1.76. The van der Waals surface area contributed by atoms with Crippen molar-refractivity contribution in [3.8, 4) is 5.69 Å². The van der Waals surface area contributed by atoms with Crippen LogP contribution in [0.15, 0.2) is 29.0 Å². The zero-order chi connectivity index (χ0) is 12.6. The maximum Gasteiger partial charge on any atom is 0.433 e. The predicted octanol–water partition coefficient (Wildman–Crippen LogP) is 3.36.